The summed E-state index contributed by atoms with van der Waals surface area (Å²) in [6, 6.07) is 13.6. The van der Waals surface area contributed by atoms with E-state index in [4.69, 9.17) is 17.0 Å². The number of hydrogen-bond donors (Lipinski definition) is 1. The van der Waals surface area contributed by atoms with Crippen molar-refractivity contribution in [2.45, 2.75) is 20.8 Å². The van der Waals surface area contributed by atoms with Crippen molar-refractivity contribution in [2.24, 2.45) is 10.1 Å². The molecule has 0 spiro atoms. The summed E-state index contributed by atoms with van der Waals surface area (Å²) < 4.78 is 15.4. The number of amidine groups is 2. The molecule has 2 aliphatic rings. The van der Waals surface area contributed by atoms with Gasteiger partial charge in [0.1, 0.15) is 10.9 Å². The van der Waals surface area contributed by atoms with Gasteiger partial charge in [-0.3, -0.25) is 10.2 Å². The molecule has 2 aliphatic heterocycles. The molecule has 0 aliphatic carbocycles. The summed E-state index contributed by atoms with van der Waals surface area (Å²) in [5.41, 5.74) is 5.60. The van der Waals surface area contributed by atoms with Gasteiger partial charge in [0.25, 0.3) is 5.91 Å². The molecule has 5 rings (SSSR count). The van der Waals surface area contributed by atoms with Crippen molar-refractivity contribution in [2.75, 3.05) is 0 Å². The van der Waals surface area contributed by atoms with Crippen LogP contribution in [0.5, 0.6) is 0 Å². The lowest BCUT2D eigenvalue weighted by Crippen LogP contribution is -2.35. The van der Waals surface area contributed by atoms with Crippen LogP contribution in [0.4, 0.5) is 4.39 Å². The van der Waals surface area contributed by atoms with Crippen molar-refractivity contribution < 1.29 is 9.18 Å². The fraction of sp³-hybridized carbons (Fsp3) is 0.120. The van der Waals surface area contributed by atoms with Gasteiger partial charge in [0.2, 0.25) is 5.17 Å². The molecule has 0 saturated heterocycles. The lowest BCUT2D eigenvalue weighted by atomic mass is 10.1. The Hall–Kier alpha value is -3.49. The summed E-state index contributed by atoms with van der Waals surface area (Å²) in [6.07, 6.45) is 1.69. The monoisotopic (exact) mass is 491 g/mol. The highest BCUT2D eigenvalue weighted by Crippen LogP contribution is 2.32. The van der Waals surface area contributed by atoms with Crippen molar-refractivity contribution in [1.29, 1.82) is 5.41 Å². The molecule has 0 bridgehead atoms. The molecule has 1 N–H and O–H groups in total. The lowest BCUT2D eigenvalue weighted by molar-refractivity contribution is -0.114. The zero-order chi connectivity index (χ0) is 24.1. The smallest absolute Gasteiger partial charge is 0.283 e. The lowest BCUT2D eigenvalue weighted by Gasteiger charge is -2.20. The molecule has 34 heavy (non-hydrogen) atoms. The molecule has 1 amide bonds. The maximum Gasteiger partial charge on any atom is 0.283 e. The number of hydrogen-bond acceptors (Lipinski definition) is 4. The van der Waals surface area contributed by atoms with E-state index < -0.39 is 5.91 Å². The Kier molecular flexibility index (Phi) is 5.50. The normalized spacial score (nSPS) is 16.7. The van der Waals surface area contributed by atoms with Gasteiger partial charge in [0.05, 0.1) is 5.57 Å². The number of halogens is 2. The number of carbonyl (C=O) groups excluding carboxylic acids is 1. The van der Waals surface area contributed by atoms with E-state index in [1.165, 1.54) is 28.9 Å². The van der Waals surface area contributed by atoms with Gasteiger partial charge < -0.3 is 4.57 Å². The summed E-state index contributed by atoms with van der Waals surface area (Å²) in [5.74, 6) is -0.888. The van der Waals surface area contributed by atoms with Crippen LogP contribution in [0, 0.1) is 32.0 Å². The molecular weight excluding hydrogens is 473 g/mol. The second kappa shape index (κ2) is 8.38. The Labute approximate surface area is 205 Å². The number of thioether (sulfide) groups is 1. The fourth-order valence-corrected chi connectivity index (χ4v) is 5.15. The van der Waals surface area contributed by atoms with Crippen molar-refractivity contribution in [3.63, 3.8) is 0 Å². The molecule has 2 aromatic carbocycles. The van der Waals surface area contributed by atoms with Crippen LogP contribution in [0.3, 0.4) is 0 Å². The minimum absolute atomic E-state index is 0.0490. The average molecular weight is 492 g/mol. The number of aromatic nitrogens is 1. The minimum atomic E-state index is -0.494. The molecule has 0 fully saturated rings. The van der Waals surface area contributed by atoms with Crippen molar-refractivity contribution in [1.82, 2.24) is 9.58 Å². The van der Waals surface area contributed by atoms with Crippen LogP contribution in [-0.4, -0.2) is 31.5 Å². The van der Waals surface area contributed by atoms with Gasteiger partial charge in [-0.25, -0.2) is 4.39 Å². The van der Waals surface area contributed by atoms with Crippen LogP contribution in [-0.2, 0) is 4.79 Å². The number of benzene rings is 2. The van der Waals surface area contributed by atoms with E-state index >= 15 is 0 Å². The SMILES string of the molecule is Cc1cc(Cl)ccc1-n1c(C)cc(/C=C2\C(=N)N3N=C(c4ccc(F)cc4)SC3=NC2=O)c1C. The van der Waals surface area contributed by atoms with Crippen molar-refractivity contribution in [3.8, 4) is 5.69 Å². The molecule has 3 heterocycles. The highest BCUT2D eigenvalue weighted by Gasteiger charge is 2.36. The van der Waals surface area contributed by atoms with Gasteiger partial charge in [-0.05, 0) is 98.3 Å². The molecular formula is C25H19ClFN5OS. The second-order valence-corrected chi connectivity index (χ2v) is 9.42. The van der Waals surface area contributed by atoms with E-state index in [2.05, 4.69) is 14.7 Å². The summed E-state index contributed by atoms with van der Waals surface area (Å²) in [6.45, 7) is 5.95. The number of aliphatic imine (C=N–C) groups is 1. The Morgan fingerprint density at radius 1 is 1.09 bits per heavy atom. The highest BCUT2D eigenvalue weighted by molar-refractivity contribution is 8.27. The van der Waals surface area contributed by atoms with Crippen LogP contribution in [0.15, 0.2) is 64.2 Å². The summed E-state index contributed by atoms with van der Waals surface area (Å²) >= 11 is 7.30. The predicted octanol–water partition coefficient (Wildman–Crippen LogP) is 5.86. The fourth-order valence-electron chi connectivity index (χ4n) is 4.03. The van der Waals surface area contributed by atoms with Crippen LogP contribution >= 0.6 is 23.4 Å². The van der Waals surface area contributed by atoms with Crippen LogP contribution in [0.25, 0.3) is 11.8 Å². The number of aryl methyl sites for hydroxylation is 2. The van der Waals surface area contributed by atoms with Crippen LogP contribution in [0.2, 0.25) is 5.02 Å². The third-order valence-electron chi connectivity index (χ3n) is 5.72. The maximum atomic E-state index is 13.3. The first-order valence-electron chi connectivity index (χ1n) is 10.4. The first kappa shape index (κ1) is 22.3. The number of nitrogens with zero attached hydrogens (tertiary/aromatic N) is 4. The molecule has 1 aromatic heterocycles. The van der Waals surface area contributed by atoms with E-state index in [-0.39, 0.29) is 17.2 Å². The number of carbonyl (C=O) groups is 1. The van der Waals surface area contributed by atoms with Gasteiger partial charge in [-0.1, -0.05) is 11.6 Å². The molecule has 0 atom stereocenters. The third-order valence-corrected chi connectivity index (χ3v) is 6.91. The first-order chi connectivity index (χ1) is 16.2. The van der Waals surface area contributed by atoms with E-state index in [1.807, 2.05) is 45.0 Å². The standard InChI is InChI=1S/C25H19ClFN5OS/c1-13-10-18(26)6-9-21(13)31-14(2)11-17(15(31)3)12-20-22(28)32-25(29-23(20)33)34-24(30-32)16-4-7-19(27)8-5-16/h4-12,28H,1-3H3/b20-12+,28-22?. The quantitative estimate of drug-likeness (QED) is 0.466. The Morgan fingerprint density at radius 3 is 2.53 bits per heavy atom. The van der Waals surface area contributed by atoms with Gasteiger partial charge in [0.15, 0.2) is 5.84 Å². The number of rotatable bonds is 3. The van der Waals surface area contributed by atoms with Crippen LogP contribution in [0.1, 0.15) is 28.1 Å². The Bertz CT molecular complexity index is 1470. The second-order valence-electron chi connectivity index (χ2n) is 8.02. The van der Waals surface area contributed by atoms with Gasteiger partial charge in [-0.15, -0.1) is 0 Å². The number of fused-ring (bicyclic) bond motifs is 1. The minimum Gasteiger partial charge on any atom is -0.318 e. The molecule has 6 nitrogen and oxygen atoms in total. The van der Waals surface area contributed by atoms with Gasteiger partial charge in [-0.2, -0.15) is 15.1 Å². The summed E-state index contributed by atoms with van der Waals surface area (Å²) in [7, 11) is 0. The molecule has 0 radical (unpaired) electrons. The Morgan fingerprint density at radius 2 is 1.82 bits per heavy atom. The maximum absolute atomic E-state index is 13.3. The van der Waals surface area contributed by atoms with E-state index in [9.17, 15) is 9.18 Å². The third kappa shape index (κ3) is 3.78. The average Bonchev–Trinajstić information content (AvgIpc) is 3.33. The number of hydrazone groups is 1. The molecule has 0 unspecified atom stereocenters. The van der Waals surface area contributed by atoms with Crippen molar-refractivity contribution in [3.05, 3.63) is 93.0 Å². The summed E-state index contributed by atoms with van der Waals surface area (Å²) in [4.78, 5) is 17.0. The highest BCUT2D eigenvalue weighted by atomic mass is 35.5. The first-order valence-corrected chi connectivity index (χ1v) is 11.6. The van der Waals surface area contributed by atoms with E-state index in [1.54, 1.807) is 18.2 Å². The van der Waals surface area contributed by atoms with E-state index in [0.29, 0.717) is 20.8 Å². The zero-order valence-electron chi connectivity index (χ0n) is 18.6. The molecule has 0 saturated carbocycles. The predicted molar refractivity (Wildman–Crippen MR) is 136 cm³/mol. The largest absolute Gasteiger partial charge is 0.318 e. The molecule has 3 aromatic rings. The molecule has 170 valence electrons. The topological polar surface area (TPSA) is 73.8 Å². The molecule has 9 heteroatoms. The zero-order valence-corrected chi connectivity index (χ0v) is 20.1. The van der Waals surface area contributed by atoms with Gasteiger partial charge in [0, 0.05) is 27.7 Å². The van der Waals surface area contributed by atoms with Crippen LogP contribution < -0.4 is 0 Å². The van der Waals surface area contributed by atoms with Gasteiger partial charge >= 0.3 is 0 Å². The van der Waals surface area contributed by atoms with E-state index in [0.717, 1.165) is 28.2 Å². The number of amides is 1. The summed E-state index contributed by atoms with van der Waals surface area (Å²) in [5, 5.41) is 16.0. The Balaban J connectivity index is 1.51. The number of nitrogens with one attached hydrogen (secondary N) is 1. The van der Waals surface area contributed by atoms with Crippen molar-refractivity contribution >= 4 is 51.4 Å².